The van der Waals surface area contributed by atoms with Crippen LogP contribution in [0.5, 0.6) is 0 Å². The average molecular weight is 510 g/mol. The summed E-state index contributed by atoms with van der Waals surface area (Å²) in [7, 11) is 0. The maximum Gasteiger partial charge on any atom is 0.299 e. The van der Waals surface area contributed by atoms with Crippen molar-refractivity contribution in [3.8, 4) is 0 Å². The maximum absolute atomic E-state index is 11.5. The molecule has 192 valence electrons. The summed E-state index contributed by atoms with van der Waals surface area (Å²) in [5.41, 5.74) is -3.33. The first kappa shape index (κ1) is 26.1. The highest BCUT2D eigenvalue weighted by Gasteiger charge is 2.46. The Morgan fingerprint density at radius 2 is 1.19 bits per heavy atom. The zero-order valence-electron chi connectivity index (χ0n) is 17.9. The molecule has 1 fully saturated rings. The monoisotopic (exact) mass is 510 g/mol. The van der Waals surface area contributed by atoms with E-state index in [1.54, 1.807) is 0 Å². The molecule has 0 spiro atoms. The van der Waals surface area contributed by atoms with Crippen molar-refractivity contribution in [3.63, 3.8) is 0 Å². The van der Waals surface area contributed by atoms with Gasteiger partial charge in [-0.25, -0.2) is 0 Å². The van der Waals surface area contributed by atoms with Crippen molar-refractivity contribution in [1.82, 2.24) is 0 Å². The average Bonchev–Trinajstić information content (AvgIpc) is 2.82. The molecular formula is C18H18N6O12. The van der Waals surface area contributed by atoms with Crippen molar-refractivity contribution in [2.75, 3.05) is 17.2 Å². The molecule has 5 atom stereocenters. The number of rotatable bonds is 9. The van der Waals surface area contributed by atoms with Crippen LogP contribution in [0.4, 0.5) is 34.1 Å². The van der Waals surface area contributed by atoms with E-state index in [-0.39, 0.29) is 11.4 Å². The molecule has 1 heterocycles. The van der Waals surface area contributed by atoms with Crippen molar-refractivity contribution < 1.29 is 39.7 Å². The molecule has 0 aromatic heterocycles. The van der Waals surface area contributed by atoms with Gasteiger partial charge in [0, 0.05) is 12.1 Å². The third kappa shape index (κ3) is 5.25. The Bertz CT molecular complexity index is 1210. The summed E-state index contributed by atoms with van der Waals surface area (Å²) in [5.74, 6) is 0. The first-order valence-corrected chi connectivity index (χ1v) is 9.95. The molecule has 18 nitrogen and oxygen atoms in total. The lowest BCUT2D eigenvalue weighted by Crippen LogP contribution is -2.63. The molecule has 18 heteroatoms. The van der Waals surface area contributed by atoms with E-state index >= 15 is 0 Å². The van der Waals surface area contributed by atoms with Gasteiger partial charge in [0.15, 0.2) is 6.29 Å². The number of nitrogens with one attached hydrogen (secondary N) is 2. The van der Waals surface area contributed by atoms with Crippen LogP contribution in [-0.2, 0) is 4.74 Å². The maximum atomic E-state index is 11.5. The Balaban J connectivity index is 2.04. The number of anilines is 2. The van der Waals surface area contributed by atoms with Gasteiger partial charge >= 0.3 is 0 Å². The molecule has 5 N–H and O–H groups in total. The van der Waals surface area contributed by atoms with Gasteiger partial charge in [-0.1, -0.05) is 0 Å². The lowest BCUT2D eigenvalue weighted by molar-refractivity contribution is -0.393. The van der Waals surface area contributed by atoms with E-state index in [9.17, 15) is 55.8 Å². The number of hydrogen-bond donors (Lipinski definition) is 5. The fourth-order valence-corrected chi connectivity index (χ4v) is 3.63. The quantitative estimate of drug-likeness (QED) is 0.229. The molecule has 0 aliphatic carbocycles. The second-order valence-electron chi connectivity index (χ2n) is 7.51. The van der Waals surface area contributed by atoms with Crippen LogP contribution in [0, 0.1) is 40.5 Å². The first-order chi connectivity index (χ1) is 16.9. The molecule has 1 aliphatic heterocycles. The largest absolute Gasteiger partial charge is 0.394 e. The third-order valence-corrected chi connectivity index (χ3v) is 5.36. The van der Waals surface area contributed by atoms with Crippen LogP contribution in [0.25, 0.3) is 0 Å². The number of nitrogens with zero attached hydrogens (tertiary/aromatic N) is 4. The van der Waals surface area contributed by atoms with E-state index in [1.807, 2.05) is 0 Å². The number of aliphatic hydroxyl groups is 3. The number of hydrogen-bond acceptors (Lipinski definition) is 14. The standard InChI is InChI=1S/C18H18N6O12/c25-7-14-17(26)15(19-10-3-1-8(21(28)29)5-12(10)23(32)33)16(18(27)36-14)20-11-4-2-9(22(30)31)6-13(11)24(34)35/h1-6,14-20,25-27H,7H2/t14-,15-,16-,17+,18+/m1/s1. The second kappa shape index (κ2) is 10.4. The summed E-state index contributed by atoms with van der Waals surface area (Å²) < 4.78 is 5.14. The van der Waals surface area contributed by atoms with Crippen molar-refractivity contribution >= 4 is 34.1 Å². The molecule has 0 unspecified atom stereocenters. The zero-order valence-corrected chi connectivity index (χ0v) is 17.9. The topological polar surface area (TPSA) is 267 Å². The Kier molecular flexibility index (Phi) is 7.53. The fourth-order valence-electron chi connectivity index (χ4n) is 3.63. The van der Waals surface area contributed by atoms with Crippen LogP contribution < -0.4 is 10.6 Å². The van der Waals surface area contributed by atoms with Crippen LogP contribution in [0.3, 0.4) is 0 Å². The number of ether oxygens (including phenoxy) is 1. The van der Waals surface area contributed by atoms with Crippen molar-refractivity contribution in [1.29, 1.82) is 0 Å². The summed E-state index contributed by atoms with van der Waals surface area (Å²) in [6.45, 7) is -0.789. The van der Waals surface area contributed by atoms with Crippen molar-refractivity contribution in [2.45, 2.75) is 30.6 Å². The van der Waals surface area contributed by atoms with Crippen LogP contribution in [-0.4, -0.2) is 72.2 Å². The second-order valence-corrected chi connectivity index (χ2v) is 7.51. The van der Waals surface area contributed by atoms with Gasteiger partial charge < -0.3 is 30.7 Å². The zero-order chi connectivity index (χ0) is 26.7. The summed E-state index contributed by atoms with van der Waals surface area (Å²) in [6.07, 6.45) is -4.91. The minimum absolute atomic E-state index is 0.314. The number of nitro groups is 4. The summed E-state index contributed by atoms with van der Waals surface area (Å²) in [6, 6.07) is 2.29. The molecule has 0 amide bonds. The van der Waals surface area contributed by atoms with Crippen molar-refractivity contribution in [2.24, 2.45) is 0 Å². The molecule has 3 rings (SSSR count). The van der Waals surface area contributed by atoms with Gasteiger partial charge in [0.2, 0.25) is 0 Å². The van der Waals surface area contributed by atoms with Gasteiger partial charge in [-0.15, -0.1) is 0 Å². The first-order valence-electron chi connectivity index (χ1n) is 9.95. The predicted molar refractivity (Wildman–Crippen MR) is 118 cm³/mol. The Labute approximate surface area is 199 Å². The van der Waals surface area contributed by atoms with E-state index in [0.29, 0.717) is 12.1 Å². The van der Waals surface area contributed by atoms with Gasteiger partial charge in [0.1, 0.15) is 29.6 Å². The number of nitro benzene ring substituents is 4. The SMILES string of the molecule is O=[N+]([O-])c1ccc(N[C@@H]2[C@@H](Nc3ccc([N+](=O)[O-])cc3[N+](=O)[O-])[C@@H](O)[C@@H](CO)O[C@@H]2O)c([N+](=O)[O-])c1. The highest BCUT2D eigenvalue weighted by molar-refractivity contribution is 5.68. The van der Waals surface area contributed by atoms with E-state index < -0.39 is 79.6 Å². The predicted octanol–water partition coefficient (Wildman–Crippen LogP) is 0.651. The molecule has 2 aromatic rings. The Hall–Kier alpha value is -4.52. The van der Waals surface area contributed by atoms with Gasteiger partial charge in [0.25, 0.3) is 22.7 Å². The van der Waals surface area contributed by atoms with Gasteiger partial charge in [0.05, 0.1) is 44.5 Å². The summed E-state index contributed by atoms with van der Waals surface area (Å²) in [4.78, 5) is 41.4. The smallest absolute Gasteiger partial charge is 0.299 e. The molecule has 1 saturated heterocycles. The highest BCUT2D eigenvalue weighted by atomic mass is 16.6. The fraction of sp³-hybridized carbons (Fsp3) is 0.333. The molecule has 1 aliphatic rings. The number of aliphatic hydroxyl groups excluding tert-OH is 3. The lowest BCUT2D eigenvalue weighted by atomic mass is 9.93. The Morgan fingerprint density at radius 3 is 1.58 bits per heavy atom. The molecule has 0 saturated carbocycles. The van der Waals surface area contributed by atoms with Crippen LogP contribution >= 0.6 is 0 Å². The molecule has 36 heavy (non-hydrogen) atoms. The Morgan fingerprint density at radius 1 is 0.750 bits per heavy atom. The van der Waals surface area contributed by atoms with Crippen LogP contribution in [0.2, 0.25) is 0 Å². The third-order valence-electron chi connectivity index (χ3n) is 5.36. The molecule has 0 radical (unpaired) electrons. The van der Waals surface area contributed by atoms with Gasteiger partial charge in [-0.05, 0) is 12.1 Å². The minimum atomic E-state index is -1.85. The van der Waals surface area contributed by atoms with Gasteiger partial charge in [-0.2, -0.15) is 0 Å². The molecule has 2 aromatic carbocycles. The van der Waals surface area contributed by atoms with Crippen molar-refractivity contribution in [3.05, 3.63) is 76.9 Å². The number of benzene rings is 2. The summed E-state index contributed by atoms with van der Waals surface area (Å²) >= 11 is 0. The van der Waals surface area contributed by atoms with E-state index in [4.69, 9.17) is 4.74 Å². The van der Waals surface area contributed by atoms with E-state index in [0.717, 1.165) is 24.3 Å². The highest BCUT2D eigenvalue weighted by Crippen LogP contribution is 2.35. The van der Waals surface area contributed by atoms with Gasteiger partial charge in [-0.3, -0.25) is 40.5 Å². The number of non-ortho nitro benzene ring substituents is 2. The molecular weight excluding hydrogens is 492 g/mol. The molecule has 0 bridgehead atoms. The normalized spacial score (nSPS) is 23.5. The van der Waals surface area contributed by atoms with Crippen LogP contribution in [0.15, 0.2) is 36.4 Å². The van der Waals surface area contributed by atoms with E-state index in [2.05, 4.69) is 10.6 Å². The van der Waals surface area contributed by atoms with E-state index in [1.165, 1.54) is 0 Å². The summed E-state index contributed by atoms with van der Waals surface area (Å²) in [5, 5.41) is 80.8. The lowest BCUT2D eigenvalue weighted by Gasteiger charge is -2.43. The van der Waals surface area contributed by atoms with Crippen LogP contribution in [0.1, 0.15) is 0 Å². The minimum Gasteiger partial charge on any atom is -0.394 e.